The molecule has 1 N–H and O–H groups in total. The summed E-state index contributed by atoms with van der Waals surface area (Å²) in [6.07, 6.45) is 1.07. The molecular formula is C12H14BrNO4S. The van der Waals surface area contributed by atoms with Crippen LogP contribution in [0.1, 0.15) is 24.2 Å². The predicted octanol–water partition coefficient (Wildman–Crippen LogP) is 2.18. The lowest BCUT2D eigenvalue weighted by atomic mass is 9.93. The molecule has 0 aliphatic carbocycles. The first-order chi connectivity index (χ1) is 8.60. The van der Waals surface area contributed by atoms with Crippen LogP contribution in [0.2, 0.25) is 0 Å². The minimum Gasteiger partial charge on any atom is -0.485 e. The SMILES string of the molecule is CC1(C)Oc2cc(NS(C)(=O)=O)ccc2C(=O)C1Br. The van der Waals surface area contributed by atoms with Crippen molar-refractivity contribution in [1.29, 1.82) is 0 Å². The van der Waals surface area contributed by atoms with Crippen molar-refractivity contribution in [2.24, 2.45) is 0 Å². The lowest BCUT2D eigenvalue weighted by Gasteiger charge is -2.36. The number of carbonyl (C=O) groups excluding carboxylic acids is 1. The summed E-state index contributed by atoms with van der Waals surface area (Å²) in [5, 5.41) is 0. The van der Waals surface area contributed by atoms with Crippen LogP contribution in [0, 0.1) is 0 Å². The Morgan fingerprint density at radius 3 is 2.58 bits per heavy atom. The normalized spacial score (nSPS) is 21.5. The summed E-state index contributed by atoms with van der Waals surface area (Å²) in [4.78, 5) is 11.7. The number of ether oxygens (including phenoxy) is 1. The molecule has 1 heterocycles. The molecule has 0 spiro atoms. The Labute approximate surface area is 120 Å². The highest BCUT2D eigenvalue weighted by Crippen LogP contribution is 2.38. The molecule has 5 nitrogen and oxygen atoms in total. The van der Waals surface area contributed by atoms with Crippen molar-refractivity contribution >= 4 is 37.4 Å². The topological polar surface area (TPSA) is 72.5 Å². The van der Waals surface area contributed by atoms with Crippen LogP contribution in [0.3, 0.4) is 0 Å². The van der Waals surface area contributed by atoms with Gasteiger partial charge in [-0.3, -0.25) is 9.52 Å². The number of rotatable bonds is 2. The molecular weight excluding hydrogens is 334 g/mol. The Morgan fingerprint density at radius 1 is 1.37 bits per heavy atom. The summed E-state index contributed by atoms with van der Waals surface area (Å²) < 4.78 is 30.5. The molecule has 0 radical (unpaired) electrons. The Bertz CT molecular complexity index is 639. The number of Topliss-reactive ketones (excluding diaryl/α,β-unsaturated/α-hetero) is 1. The van der Waals surface area contributed by atoms with Crippen molar-refractivity contribution in [2.45, 2.75) is 24.3 Å². The Balaban J connectivity index is 2.44. The molecule has 104 valence electrons. The molecule has 19 heavy (non-hydrogen) atoms. The van der Waals surface area contributed by atoms with Crippen LogP contribution in [0.15, 0.2) is 18.2 Å². The number of carbonyl (C=O) groups is 1. The molecule has 2 rings (SSSR count). The Hall–Kier alpha value is -1.08. The molecule has 1 atom stereocenters. The van der Waals surface area contributed by atoms with Gasteiger partial charge in [0.1, 0.15) is 16.2 Å². The molecule has 7 heteroatoms. The van der Waals surface area contributed by atoms with E-state index in [-0.39, 0.29) is 5.78 Å². The maximum atomic E-state index is 12.2. The van der Waals surface area contributed by atoms with Gasteiger partial charge < -0.3 is 4.74 Å². The second-order valence-electron chi connectivity index (χ2n) is 5.02. The van der Waals surface area contributed by atoms with E-state index >= 15 is 0 Å². The fourth-order valence-electron chi connectivity index (χ4n) is 1.88. The number of hydrogen-bond donors (Lipinski definition) is 1. The molecule has 1 unspecified atom stereocenters. The number of hydrogen-bond acceptors (Lipinski definition) is 4. The van der Waals surface area contributed by atoms with Gasteiger partial charge in [-0.25, -0.2) is 8.42 Å². The van der Waals surface area contributed by atoms with Gasteiger partial charge in [0.25, 0.3) is 0 Å². The first kappa shape index (κ1) is 14.3. The Morgan fingerprint density at radius 2 is 2.00 bits per heavy atom. The monoisotopic (exact) mass is 347 g/mol. The third-order valence-electron chi connectivity index (χ3n) is 2.76. The van der Waals surface area contributed by atoms with E-state index in [1.807, 2.05) is 0 Å². The summed E-state index contributed by atoms with van der Waals surface area (Å²) >= 11 is 3.33. The van der Waals surface area contributed by atoms with Gasteiger partial charge in [0.15, 0.2) is 5.78 Å². The molecule has 1 aliphatic rings. The lowest BCUT2D eigenvalue weighted by molar-refractivity contribution is 0.0668. The summed E-state index contributed by atoms with van der Waals surface area (Å²) in [5.74, 6) is 0.316. The van der Waals surface area contributed by atoms with E-state index in [2.05, 4.69) is 20.7 Å². The fraction of sp³-hybridized carbons (Fsp3) is 0.417. The fourth-order valence-corrected chi connectivity index (χ4v) is 2.77. The molecule has 0 fully saturated rings. The first-order valence-corrected chi connectivity index (χ1v) is 8.40. The van der Waals surface area contributed by atoms with E-state index in [0.717, 1.165) is 6.26 Å². The number of alkyl halides is 1. The summed E-state index contributed by atoms with van der Waals surface area (Å²) in [6.45, 7) is 3.59. The van der Waals surface area contributed by atoms with Crippen molar-refractivity contribution in [1.82, 2.24) is 0 Å². The van der Waals surface area contributed by atoms with E-state index < -0.39 is 20.5 Å². The van der Waals surface area contributed by atoms with Crippen molar-refractivity contribution in [3.63, 3.8) is 0 Å². The third kappa shape index (κ3) is 2.92. The maximum Gasteiger partial charge on any atom is 0.229 e. The van der Waals surface area contributed by atoms with Gasteiger partial charge >= 0.3 is 0 Å². The molecule has 0 bridgehead atoms. The van der Waals surface area contributed by atoms with E-state index in [9.17, 15) is 13.2 Å². The van der Waals surface area contributed by atoms with Crippen LogP contribution in [-0.2, 0) is 10.0 Å². The second kappa shape index (κ2) is 4.49. The van der Waals surface area contributed by atoms with Gasteiger partial charge in [-0.15, -0.1) is 0 Å². The van der Waals surface area contributed by atoms with Crippen molar-refractivity contribution in [3.8, 4) is 5.75 Å². The number of nitrogens with one attached hydrogen (secondary N) is 1. The van der Waals surface area contributed by atoms with Gasteiger partial charge in [0, 0.05) is 6.07 Å². The number of halogens is 1. The predicted molar refractivity (Wildman–Crippen MR) is 76.7 cm³/mol. The van der Waals surface area contributed by atoms with Gasteiger partial charge in [-0.2, -0.15) is 0 Å². The van der Waals surface area contributed by atoms with Crippen LogP contribution in [0.25, 0.3) is 0 Å². The quantitative estimate of drug-likeness (QED) is 0.832. The number of anilines is 1. The number of benzene rings is 1. The Kier molecular flexibility index (Phi) is 3.38. The number of ketones is 1. The smallest absolute Gasteiger partial charge is 0.229 e. The van der Waals surface area contributed by atoms with Gasteiger partial charge in [0.05, 0.1) is 17.5 Å². The highest BCUT2D eigenvalue weighted by Gasteiger charge is 2.41. The van der Waals surface area contributed by atoms with E-state index in [1.165, 1.54) is 6.07 Å². The number of fused-ring (bicyclic) bond motifs is 1. The molecule has 0 saturated heterocycles. The lowest BCUT2D eigenvalue weighted by Crippen LogP contribution is -2.46. The third-order valence-corrected chi connectivity index (χ3v) is 4.89. The molecule has 1 aliphatic heterocycles. The van der Waals surface area contributed by atoms with Crippen molar-refractivity contribution in [2.75, 3.05) is 11.0 Å². The second-order valence-corrected chi connectivity index (χ2v) is 7.68. The standard InChI is InChI=1S/C12H14BrNO4S/c1-12(2)11(13)10(15)8-5-4-7(6-9(8)18-12)14-19(3,16)17/h4-6,11,14H,1-3H3. The summed E-state index contributed by atoms with van der Waals surface area (Å²) in [6, 6.07) is 4.63. The van der Waals surface area contributed by atoms with Gasteiger partial charge in [-0.05, 0) is 26.0 Å². The van der Waals surface area contributed by atoms with Crippen LogP contribution in [0.5, 0.6) is 5.75 Å². The molecule has 0 amide bonds. The first-order valence-electron chi connectivity index (χ1n) is 5.59. The minimum absolute atomic E-state index is 0.0721. The molecule has 1 aromatic rings. The average molecular weight is 348 g/mol. The zero-order chi connectivity index (χ0) is 14.4. The zero-order valence-corrected chi connectivity index (χ0v) is 13.1. The van der Waals surface area contributed by atoms with Crippen molar-refractivity contribution < 1.29 is 17.9 Å². The molecule has 0 saturated carbocycles. The summed E-state index contributed by atoms with van der Waals surface area (Å²) in [5.41, 5.74) is 0.131. The van der Waals surface area contributed by atoms with Crippen LogP contribution < -0.4 is 9.46 Å². The average Bonchev–Trinajstić information content (AvgIpc) is 2.23. The molecule has 0 aromatic heterocycles. The maximum absolute atomic E-state index is 12.2. The van der Waals surface area contributed by atoms with Crippen LogP contribution >= 0.6 is 15.9 Å². The van der Waals surface area contributed by atoms with Crippen LogP contribution in [-0.4, -0.2) is 30.9 Å². The zero-order valence-electron chi connectivity index (χ0n) is 10.7. The van der Waals surface area contributed by atoms with Crippen molar-refractivity contribution in [3.05, 3.63) is 23.8 Å². The molecule has 1 aromatic carbocycles. The van der Waals surface area contributed by atoms with Gasteiger partial charge in [0.2, 0.25) is 10.0 Å². The highest BCUT2D eigenvalue weighted by molar-refractivity contribution is 9.10. The largest absolute Gasteiger partial charge is 0.485 e. The number of sulfonamides is 1. The van der Waals surface area contributed by atoms with E-state index in [1.54, 1.807) is 26.0 Å². The summed E-state index contributed by atoms with van der Waals surface area (Å²) in [7, 11) is -3.36. The van der Waals surface area contributed by atoms with Gasteiger partial charge in [-0.1, -0.05) is 15.9 Å². The van der Waals surface area contributed by atoms with E-state index in [4.69, 9.17) is 4.74 Å². The van der Waals surface area contributed by atoms with E-state index in [0.29, 0.717) is 17.0 Å². The highest BCUT2D eigenvalue weighted by atomic mass is 79.9. The van der Waals surface area contributed by atoms with Crippen LogP contribution in [0.4, 0.5) is 5.69 Å². The minimum atomic E-state index is -3.36.